The van der Waals surface area contributed by atoms with Gasteiger partial charge < -0.3 is 9.57 Å². The van der Waals surface area contributed by atoms with E-state index in [2.05, 4.69) is 5.10 Å². The zero-order valence-corrected chi connectivity index (χ0v) is 10.6. The van der Waals surface area contributed by atoms with Crippen molar-refractivity contribution in [2.45, 2.75) is 0 Å². The lowest BCUT2D eigenvalue weighted by molar-refractivity contribution is -0.148. The van der Waals surface area contributed by atoms with E-state index in [1.54, 1.807) is 18.2 Å². The smallest absolute Gasteiger partial charge is 0.371 e. The summed E-state index contributed by atoms with van der Waals surface area (Å²) in [6.45, 7) is -0.277. The predicted octanol–water partition coefficient (Wildman–Crippen LogP) is 2.22. The molecule has 0 aliphatic rings. The molecule has 0 N–H and O–H groups in total. The summed E-state index contributed by atoms with van der Waals surface area (Å²) in [5.74, 6) is -0.233. The van der Waals surface area contributed by atoms with E-state index in [1.807, 2.05) is 0 Å². The van der Waals surface area contributed by atoms with Crippen molar-refractivity contribution in [1.29, 1.82) is 0 Å². The van der Waals surface area contributed by atoms with E-state index in [4.69, 9.17) is 32.8 Å². The average Bonchev–Trinajstić information content (AvgIpc) is 2.80. The Balaban J connectivity index is 1.89. The van der Waals surface area contributed by atoms with Gasteiger partial charge in [0.2, 0.25) is 0 Å². The molecule has 1 aromatic carbocycles. The number of hydrogen-bond donors (Lipinski definition) is 0. The van der Waals surface area contributed by atoms with Crippen LogP contribution in [0.2, 0.25) is 10.0 Å². The second-order valence-corrected chi connectivity index (χ2v) is 4.08. The molecule has 2 aromatic rings. The highest BCUT2D eigenvalue weighted by Crippen LogP contribution is 2.27. The summed E-state index contributed by atoms with van der Waals surface area (Å²) in [4.78, 5) is 17.2. The van der Waals surface area contributed by atoms with Crippen LogP contribution in [0.5, 0.6) is 5.75 Å². The zero-order chi connectivity index (χ0) is 13.0. The molecule has 0 bridgehead atoms. The molecule has 18 heavy (non-hydrogen) atoms. The molecule has 0 spiro atoms. The maximum Gasteiger partial charge on any atom is 0.371 e. The first kappa shape index (κ1) is 12.7. The van der Waals surface area contributed by atoms with Gasteiger partial charge in [-0.25, -0.2) is 4.79 Å². The first-order valence-corrected chi connectivity index (χ1v) is 5.69. The molecule has 0 aliphatic heterocycles. The molecule has 0 aliphatic carbocycles. The first-order chi connectivity index (χ1) is 8.65. The minimum Gasteiger partial charge on any atom is -0.480 e. The highest BCUT2D eigenvalue weighted by molar-refractivity contribution is 6.35. The van der Waals surface area contributed by atoms with E-state index in [-0.39, 0.29) is 6.61 Å². The molecule has 7 heteroatoms. The molecular weight excluding hydrogens is 279 g/mol. The van der Waals surface area contributed by atoms with E-state index >= 15 is 0 Å². The fourth-order valence-electron chi connectivity index (χ4n) is 1.17. The van der Waals surface area contributed by atoms with Crippen molar-refractivity contribution in [3.8, 4) is 5.75 Å². The third-order valence-corrected chi connectivity index (χ3v) is 2.45. The largest absolute Gasteiger partial charge is 0.480 e. The Morgan fingerprint density at radius 3 is 2.89 bits per heavy atom. The van der Waals surface area contributed by atoms with Crippen molar-refractivity contribution in [1.82, 2.24) is 9.94 Å². The Kier molecular flexibility index (Phi) is 4.07. The van der Waals surface area contributed by atoms with Crippen LogP contribution in [0.15, 0.2) is 36.7 Å². The van der Waals surface area contributed by atoms with Crippen molar-refractivity contribution < 1.29 is 14.4 Å². The van der Waals surface area contributed by atoms with Gasteiger partial charge in [0.25, 0.3) is 0 Å². The van der Waals surface area contributed by atoms with Gasteiger partial charge in [-0.1, -0.05) is 28.0 Å². The molecule has 0 radical (unpaired) electrons. The summed E-state index contributed by atoms with van der Waals surface area (Å²) in [5.41, 5.74) is 0. The highest BCUT2D eigenvalue weighted by atomic mass is 35.5. The van der Waals surface area contributed by atoms with Crippen LogP contribution in [0.25, 0.3) is 0 Å². The summed E-state index contributed by atoms with van der Waals surface area (Å²) < 4.78 is 5.20. The normalized spacial score (nSPS) is 10.1. The van der Waals surface area contributed by atoms with E-state index in [0.29, 0.717) is 15.8 Å². The van der Waals surface area contributed by atoms with Gasteiger partial charge in [0.05, 0.1) is 17.4 Å². The van der Waals surface area contributed by atoms with Crippen molar-refractivity contribution in [3.05, 3.63) is 46.7 Å². The summed E-state index contributed by atoms with van der Waals surface area (Å²) in [7, 11) is 0. The van der Waals surface area contributed by atoms with E-state index in [9.17, 15) is 4.79 Å². The van der Waals surface area contributed by atoms with Gasteiger partial charge in [-0.2, -0.15) is 0 Å². The molecule has 0 saturated carbocycles. The first-order valence-electron chi connectivity index (χ1n) is 4.94. The van der Waals surface area contributed by atoms with Gasteiger partial charge in [-0.3, -0.25) is 0 Å². The zero-order valence-electron chi connectivity index (χ0n) is 9.05. The van der Waals surface area contributed by atoms with Crippen molar-refractivity contribution in [3.63, 3.8) is 0 Å². The second-order valence-electron chi connectivity index (χ2n) is 3.24. The fourth-order valence-corrected chi connectivity index (χ4v) is 1.63. The third-order valence-electron chi connectivity index (χ3n) is 1.91. The Morgan fingerprint density at radius 1 is 1.39 bits per heavy atom. The molecule has 0 amide bonds. The molecule has 0 saturated heterocycles. The number of halogens is 2. The van der Waals surface area contributed by atoms with Crippen molar-refractivity contribution >= 4 is 29.2 Å². The van der Waals surface area contributed by atoms with Crippen molar-refractivity contribution in [2.75, 3.05) is 6.61 Å². The summed E-state index contributed by atoms with van der Waals surface area (Å²) in [6, 6.07) is 6.34. The molecular formula is C11H8Cl2N2O3. The fraction of sp³-hybridized carbons (Fsp3) is 0.0909. The Morgan fingerprint density at radius 2 is 2.22 bits per heavy atom. The van der Waals surface area contributed by atoms with Crippen LogP contribution in [0.4, 0.5) is 0 Å². The van der Waals surface area contributed by atoms with Crippen LogP contribution in [-0.4, -0.2) is 22.5 Å². The van der Waals surface area contributed by atoms with E-state index < -0.39 is 5.97 Å². The molecule has 1 aromatic heterocycles. The molecule has 0 fully saturated rings. The van der Waals surface area contributed by atoms with Crippen LogP contribution in [0, 0.1) is 0 Å². The van der Waals surface area contributed by atoms with Gasteiger partial charge in [0.15, 0.2) is 6.61 Å². The van der Waals surface area contributed by atoms with E-state index in [0.717, 1.165) is 4.85 Å². The summed E-state index contributed by atoms with van der Waals surface area (Å²) >= 11 is 11.6. The molecule has 94 valence electrons. The molecule has 5 nitrogen and oxygen atoms in total. The number of carbonyl (C=O) groups is 1. The number of benzene rings is 1. The van der Waals surface area contributed by atoms with Crippen LogP contribution in [0.3, 0.4) is 0 Å². The number of nitrogens with zero attached hydrogens (tertiary/aromatic N) is 2. The van der Waals surface area contributed by atoms with Crippen LogP contribution >= 0.6 is 23.2 Å². The second kappa shape index (κ2) is 5.75. The van der Waals surface area contributed by atoms with Gasteiger partial charge >= 0.3 is 5.97 Å². The SMILES string of the molecule is O=C(COc1ccc(Cl)cc1Cl)On1cccn1. The minimum atomic E-state index is -0.593. The van der Waals surface area contributed by atoms with Gasteiger partial charge in [-0.15, -0.1) is 5.10 Å². The number of carbonyl (C=O) groups excluding carboxylic acids is 1. The van der Waals surface area contributed by atoms with Gasteiger partial charge in [0.1, 0.15) is 5.75 Å². The monoisotopic (exact) mass is 286 g/mol. The average molecular weight is 287 g/mol. The quantitative estimate of drug-likeness (QED) is 0.865. The standard InChI is InChI=1S/C11H8Cl2N2O3/c12-8-2-3-10(9(13)6-8)17-7-11(16)18-15-5-1-4-14-15/h1-6H,7H2. The Hall–Kier alpha value is -1.72. The molecule has 0 atom stereocenters. The molecule has 1 heterocycles. The third kappa shape index (κ3) is 3.38. The summed E-state index contributed by atoms with van der Waals surface area (Å²) in [6.07, 6.45) is 2.98. The number of rotatable bonds is 4. The van der Waals surface area contributed by atoms with Crippen molar-refractivity contribution in [2.24, 2.45) is 0 Å². The lowest BCUT2D eigenvalue weighted by atomic mass is 10.3. The van der Waals surface area contributed by atoms with Gasteiger partial charge in [-0.05, 0) is 24.3 Å². The topological polar surface area (TPSA) is 53.4 Å². The molecule has 0 unspecified atom stereocenters. The summed E-state index contributed by atoms with van der Waals surface area (Å²) in [5, 5.41) is 4.54. The number of aromatic nitrogens is 2. The molecule has 2 rings (SSSR count). The predicted molar refractivity (Wildman–Crippen MR) is 65.8 cm³/mol. The van der Waals surface area contributed by atoms with Crippen LogP contribution in [-0.2, 0) is 4.79 Å². The minimum absolute atomic E-state index is 0.277. The maximum absolute atomic E-state index is 11.4. The Bertz CT molecular complexity index is 543. The Labute approximate surface area is 113 Å². The lowest BCUT2D eigenvalue weighted by Crippen LogP contribution is -2.25. The lowest BCUT2D eigenvalue weighted by Gasteiger charge is -2.07. The number of ether oxygens (including phenoxy) is 1. The van der Waals surface area contributed by atoms with E-state index in [1.165, 1.54) is 18.5 Å². The van der Waals surface area contributed by atoms with Crippen LogP contribution in [0.1, 0.15) is 0 Å². The maximum atomic E-state index is 11.4. The highest BCUT2D eigenvalue weighted by Gasteiger charge is 2.08. The number of hydrogen-bond acceptors (Lipinski definition) is 4. The van der Waals surface area contributed by atoms with Gasteiger partial charge in [0, 0.05) is 5.02 Å². The van der Waals surface area contributed by atoms with Crippen LogP contribution < -0.4 is 9.57 Å².